The van der Waals surface area contributed by atoms with Gasteiger partial charge in [-0.2, -0.15) is 8.78 Å². The molecule has 192 valence electrons. The Morgan fingerprint density at radius 1 is 0.946 bits per heavy atom. The second-order valence-electron chi connectivity index (χ2n) is 8.11. The van der Waals surface area contributed by atoms with Crippen LogP contribution in [0.5, 0.6) is 5.75 Å². The topological polar surface area (TPSA) is 9.23 Å². The first-order valence-electron chi connectivity index (χ1n) is 12.0. The molecule has 1 aliphatic rings. The van der Waals surface area contributed by atoms with Crippen molar-refractivity contribution >= 4 is 5.57 Å². The summed E-state index contributed by atoms with van der Waals surface area (Å²) in [7, 11) is 0. The van der Waals surface area contributed by atoms with Gasteiger partial charge in [0.1, 0.15) is 5.75 Å². The van der Waals surface area contributed by atoms with E-state index >= 15 is 0 Å². The zero-order chi connectivity index (χ0) is 27.8. The molecule has 1 aliphatic carbocycles. The second-order valence-corrected chi connectivity index (χ2v) is 8.11. The van der Waals surface area contributed by atoms with Crippen LogP contribution in [-0.4, -0.2) is 0 Å². The first-order valence-corrected chi connectivity index (χ1v) is 12.0. The second kappa shape index (κ2) is 16.5. The van der Waals surface area contributed by atoms with E-state index in [2.05, 4.69) is 82.4 Å². The van der Waals surface area contributed by atoms with Crippen LogP contribution >= 0.6 is 0 Å². The van der Waals surface area contributed by atoms with Gasteiger partial charge in [0, 0.05) is 0 Å². The fourth-order valence-electron chi connectivity index (χ4n) is 3.59. The normalized spacial score (nSPS) is 12.3. The van der Waals surface area contributed by atoms with Crippen LogP contribution in [0.3, 0.4) is 0 Å². The van der Waals surface area contributed by atoms with E-state index < -0.39 is 6.08 Å². The molecule has 37 heavy (non-hydrogen) atoms. The highest BCUT2D eigenvalue weighted by molar-refractivity contribution is 5.76. The summed E-state index contributed by atoms with van der Waals surface area (Å²) < 4.78 is 30.2. The van der Waals surface area contributed by atoms with Crippen molar-refractivity contribution in [3.8, 4) is 29.7 Å². The average Bonchev–Trinajstić information content (AvgIpc) is 3.16. The van der Waals surface area contributed by atoms with Gasteiger partial charge in [0.25, 0.3) is 0 Å². The Morgan fingerprint density at radius 2 is 1.46 bits per heavy atom. The molecule has 0 N–H and O–H groups in total. The molecule has 0 atom stereocenters. The van der Waals surface area contributed by atoms with Gasteiger partial charge in [-0.3, -0.25) is 0 Å². The Balaban J connectivity index is 0.00000127. The third-order valence-electron chi connectivity index (χ3n) is 5.40. The molecular weight excluding hydrogens is 462 g/mol. The summed E-state index contributed by atoms with van der Waals surface area (Å²) in [4.78, 5) is 0. The van der Waals surface area contributed by atoms with Gasteiger partial charge in [-0.05, 0) is 84.7 Å². The van der Waals surface area contributed by atoms with E-state index in [0.717, 1.165) is 35.1 Å². The molecule has 0 fully saturated rings. The first kappa shape index (κ1) is 30.9. The smallest absolute Gasteiger partial charge is 0.307 e. The molecule has 0 spiro atoms. The molecule has 2 aromatic carbocycles. The van der Waals surface area contributed by atoms with Gasteiger partial charge in [0.05, 0.1) is 0 Å². The Morgan fingerprint density at radius 3 is 1.97 bits per heavy atom. The van der Waals surface area contributed by atoms with E-state index in [1.807, 2.05) is 31.2 Å². The fourth-order valence-corrected chi connectivity index (χ4v) is 3.59. The number of ether oxygens (including phenoxy) is 1. The van der Waals surface area contributed by atoms with Crippen molar-refractivity contribution in [1.82, 2.24) is 0 Å². The van der Waals surface area contributed by atoms with Gasteiger partial charge in [-0.25, -0.2) is 0 Å². The van der Waals surface area contributed by atoms with Gasteiger partial charge in [0.2, 0.25) is 0 Å². The number of terminal acetylenes is 1. The lowest BCUT2D eigenvalue weighted by Gasteiger charge is -2.10. The van der Waals surface area contributed by atoms with Crippen LogP contribution in [0.15, 0.2) is 127 Å². The summed E-state index contributed by atoms with van der Waals surface area (Å²) in [5, 5.41) is 0. The average molecular weight is 499 g/mol. The van der Waals surface area contributed by atoms with E-state index in [1.54, 1.807) is 18.2 Å². The molecule has 3 rings (SSSR count). The summed E-state index contributed by atoms with van der Waals surface area (Å²) in [6.45, 7) is 15.1. The van der Waals surface area contributed by atoms with Crippen LogP contribution < -0.4 is 4.74 Å². The molecule has 1 nitrogen and oxygen atoms in total. The molecule has 0 aliphatic heterocycles. The van der Waals surface area contributed by atoms with Crippen molar-refractivity contribution in [3.05, 3.63) is 132 Å². The van der Waals surface area contributed by atoms with Crippen LogP contribution in [0.2, 0.25) is 0 Å². The Labute approximate surface area is 221 Å². The molecule has 0 aromatic heterocycles. The molecule has 0 unspecified atom stereocenters. The van der Waals surface area contributed by atoms with Gasteiger partial charge in [-0.1, -0.05) is 86.4 Å². The minimum absolute atomic E-state index is 0.382. The lowest BCUT2D eigenvalue weighted by molar-refractivity contribution is 0.330. The fraction of sp³-hybridized carbons (Fsp3) is 0.176. The van der Waals surface area contributed by atoms with Crippen LogP contribution in [0.4, 0.5) is 8.78 Å². The summed E-state index contributed by atoms with van der Waals surface area (Å²) in [6, 6.07) is 15.3. The van der Waals surface area contributed by atoms with Crippen molar-refractivity contribution in [2.75, 3.05) is 0 Å². The SMILES string of the molecule is C#C.C=C(/C=C(/C)C1=C(CC)C=CCC=C1)c1ccc(-c2ccc(OC(C)=C(F)F)cc2)cc1.C=CC. The van der Waals surface area contributed by atoms with Crippen LogP contribution in [-0.2, 0) is 0 Å². The van der Waals surface area contributed by atoms with Crippen molar-refractivity contribution in [2.24, 2.45) is 0 Å². The van der Waals surface area contributed by atoms with Gasteiger partial charge in [0.15, 0.2) is 5.76 Å². The minimum atomic E-state index is -1.82. The number of allylic oxidation sites excluding steroid dienone is 11. The maximum atomic E-state index is 12.5. The predicted octanol–water partition coefficient (Wildman–Crippen LogP) is 10.5. The quantitative estimate of drug-likeness (QED) is 0.160. The first-order chi connectivity index (χ1) is 17.8. The molecule has 0 heterocycles. The maximum Gasteiger partial charge on any atom is 0.307 e. The molecular formula is C34H36F2O. The number of hydrogen-bond donors (Lipinski definition) is 0. The summed E-state index contributed by atoms with van der Waals surface area (Å²) >= 11 is 0. The zero-order valence-corrected chi connectivity index (χ0v) is 22.2. The number of rotatable bonds is 7. The molecule has 2 aromatic rings. The summed E-state index contributed by atoms with van der Waals surface area (Å²) in [5.41, 5.74) is 7.82. The third kappa shape index (κ3) is 9.78. The molecule has 0 saturated carbocycles. The highest BCUT2D eigenvalue weighted by atomic mass is 19.3. The van der Waals surface area contributed by atoms with E-state index in [-0.39, 0.29) is 5.76 Å². The van der Waals surface area contributed by atoms with Crippen molar-refractivity contribution < 1.29 is 13.5 Å². The predicted molar refractivity (Wildman–Crippen MR) is 156 cm³/mol. The maximum absolute atomic E-state index is 12.5. The lowest BCUT2D eigenvalue weighted by Crippen LogP contribution is -1.92. The zero-order valence-electron chi connectivity index (χ0n) is 22.2. The van der Waals surface area contributed by atoms with Crippen molar-refractivity contribution in [1.29, 1.82) is 0 Å². The van der Waals surface area contributed by atoms with Gasteiger partial charge < -0.3 is 4.74 Å². The Kier molecular flexibility index (Phi) is 13.8. The molecule has 0 amide bonds. The van der Waals surface area contributed by atoms with Crippen molar-refractivity contribution in [2.45, 2.75) is 40.5 Å². The molecule has 3 heteroatoms. The Bertz CT molecular complexity index is 1210. The van der Waals surface area contributed by atoms with Gasteiger partial charge >= 0.3 is 6.08 Å². The highest BCUT2D eigenvalue weighted by Crippen LogP contribution is 2.28. The lowest BCUT2D eigenvalue weighted by atomic mass is 9.95. The third-order valence-corrected chi connectivity index (χ3v) is 5.40. The van der Waals surface area contributed by atoms with E-state index in [9.17, 15) is 8.78 Å². The molecule has 0 saturated heterocycles. The minimum Gasteiger partial charge on any atom is -0.456 e. The molecule has 0 radical (unpaired) electrons. The van der Waals surface area contributed by atoms with Crippen LogP contribution in [0, 0.1) is 12.8 Å². The van der Waals surface area contributed by atoms with Crippen molar-refractivity contribution in [3.63, 3.8) is 0 Å². The standard InChI is InChI=1S/C29H28F2O.C3H6.C2H2/c1-5-23-9-7-6-8-10-28(23)21(3)19-20(2)24-11-13-25(14-12-24)26-15-17-27(18-16-26)32-22(4)29(30)31;1-3-2;1-2/h7-19H,2,5-6H2,1,3-4H3;3H,1H2,2H3;1-2H/b21-19-;;. The van der Waals surface area contributed by atoms with Gasteiger partial charge in [-0.15, -0.1) is 19.4 Å². The van der Waals surface area contributed by atoms with E-state index in [1.165, 1.54) is 23.6 Å². The molecule has 0 bridgehead atoms. The summed E-state index contributed by atoms with van der Waals surface area (Å²) in [6.07, 6.45) is 20.8. The highest BCUT2D eigenvalue weighted by Gasteiger charge is 2.07. The summed E-state index contributed by atoms with van der Waals surface area (Å²) in [5.74, 6) is -0.00559. The number of hydrogen-bond acceptors (Lipinski definition) is 1. The largest absolute Gasteiger partial charge is 0.456 e. The number of halogens is 2. The Hall–Kier alpha value is -4.16. The van der Waals surface area contributed by atoms with Crippen LogP contribution in [0.1, 0.15) is 46.1 Å². The monoisotopic (exact) mass is 498 g/mol. The van der Waals surface area contributed by atoms with E-state index in [0.29, 0.717) is 5.75 Å². The van der Waals surface area contributed by atoms with E-state index in [4.69, 9.17) is 4.74 Å². The van der Waals surface area contributed by atoms with Crippen LogP contribution in [0.25, 0.3) is 16.7 Å². The number of benzene rings is 2.